The van der Waals surface area contributed by atoms with Crippen molar-refractivity contribution in [2.75, 3.05) is 38.1 Å². The molecule has 1 saturated heterocycles. The van der Waals surface area contributed by atoms with Gasteiger partial charge in [0.05, 0.1) is 23.8 Å². The number of amides is 2. The number of benzene rings is 1. The van der Waals surface area contributed by atoms with Gasteiger partial charge in [-0.05, 0) is 12.1 Å². The first kappa shape index (κ1) is 16.5. The third-order valence-electron chi connectivity index (χ3n) is 4.64. The van der Waals surface area contributed by atoms with Crippen LogP contribution in [0.1, 0.15) is 10.4 Å². The zero-order valence-electron chi connectivity index (χ0n) is 14.2. The summed E-state index contributed by atoms with van der Waals surface area (Å²) >= 11 is 0. The Balaban J connectivity index is 1.52. The van der Waals surface area contributed by atoms with E-state index in [0.29, 0.717) is 43.2 Å². The van der Waals surface area contributed by atoms with Crippen molar-refractivity contribution in [2.24, 2.45) is 0 Å². The Hall–Kier alpha value is -3.00. The molecule has 1 aromatic heterocycles. The summed E-state index contributed by atoms with van der Waals surface area (Å²) in [5.41, 5.74) is 1.14. The van der Waals surface area contributed by atoms with Gasteiger partial charge in [-0.25, -0.2) is 9.97 Å². The first-order valence-electron chi connectivity index (χ1n) is 8.51. The number of ether oxygens (including phenoxy) is 1. The topological polar surface area (TPSA) is 87.7 Å². The number of nitrogens with one attached hydrogen (secondary N) is 1. The standard InChI is InChI=1S/C18H19N5O3/c24-17-10-22-5-6-23(18(25)13-7-19-12-20-8-13)9-14(22)11-26-16-4-2-1-3-15(16)21-17/h1-4,7-8,12,14H,5-6,9-11H2,(H,21,24)/t14-/m1/s1. The lowest BCUT2D eigenvalue weighted by Gasteiger charge is -2.40. The molecule has 1 fully saturated rings. The average Bonchev–Trinajstić information content (AvgIpc) is 2.74. The molecule has 8 heteroatoms. The summed E-state index contributed by atoms with van der Waals surface area (Å²) in [6.07, 6.45) is 4.44. The van der Waals surface area contributed by atoms with E-state index in [1.54, 1.807) is 4.90 Å². The van der Waals surface area contributed by atoms with Crippen LogP contribution in [0.3, 0.4) is 0 Å². The molecule has 4 rings (SSSR count). The molecule has 3 heterocycles. The van der Waals surface area contributed by atoms with Crippen LogP contribution >= 0.6 is 0 Å². The predicted molar refractivity (Wildman–Crippen MR) is 93.9 cm³/mol. The fraction of sp³-hybridized carbons (Fsp3) is 0.333. The van der Waals surface area contributed by atoms with E-state index in [-0.39, 0.29) is 24.4 Å². The molecular formula is C18H19N5O3. The Morgan fingerprint density at radius 1 is 1.19 bits per heavy atom. The van der Waals surface area contributed by atoms with Gasteiger partial charge in [0.15, 0.2) is 0 Å². The Kier molecular flexibility index (Phi) is 4.49. The minimum atomic E-state index is -0.102. The SMILES string of the molecule is O=C1CN2CCN(C(=O)c3cncnc3)C[C@@H]2COc2ccccc2N1. The maximum absolute atomic E-state index is 12.7. The molecule has 0 bridgehead atoms. The molecule has 1 aromatic carbocycles. The van der Waals surface area contributed by atoms with E-state index in [2.05, 4.69) is 20.2 Å². The number of para-hydroxylation sites is 2. The highest BCUT2D eigenvalue weighted by molar-refractivity contribution is 5.94. The number of aromatic nitrogens is 2. The van der Waals surface area contributed by atoms with Crippen molar-refractivity contribution < 1.29 is 14.3 Å². The van der Waals surface area contributed by atoms with Crippen molar-refractivity contribution >= 4 is 17.5 Å². The number of fused-ring (bicyclic) bond motifs is 2. The molecule has 0 radical (unpaired) electrons. The van der Waals surface area contributed by atoms with Crippen molar-refractivity contribution in [3.8, 4) is 5.75 Å². The van der Waals surface area contributed by atoms with Gasteiger partial charge in [-0.1, -0.05) is 12.1 Å². The van der Waals surface area contributed by atoms with E-state index in [1.807, 2.05) is 24.3 Å². The van der Waals surface area contributed by atoms with Crippen LogP contribution in [-0.2, 0) is 4.79 Å². The van der Waals surface area contributed by atoms with Gasteiger partial charge in [0.25, 0.3) is 5.91 Å². The second kappa shape index (κ2) is 7.09. The van der Waals surface area contributed by atoms with Gasteiger partial charge in [-0.2, -0.15) is 0 Å². The Labute approximate surface area is 150 Å². The van der Waals surface area contributed by atoms with E-state index < -0.39 is 0 Å². The number of nitrogens with zero attached hydrogens (tertiary/aromatic N) is 4. The van der Waals surface area contributed by atoms with Crippen molar-refractivity contribution in [1.29, 1.82) is 0 Å². The number of hydrogen-bond donors (Lipinski definition) is 1. The highest BCUT2D eigenvalue weighted by atomic mass is 16.5. The summed E-state index contributed by atoms with van der Waals surface area (Å²) in [5, 5.41) is 2.89. The van der Waals surface area contributed by atoms with Gasteiger partial charge >= 0.3 is 0 Å². The lowest BCUT2D eigenvalue weighted by Crippen LogP contribution is -2.57. The van der Waals surface area contributed by atoms with E-state index in [1.165, 1.54) is 18.7 Å². The molecular weight excluding hydrogens is 334 g/mol. The van der Waals surface area contributed by atoms with Gasteiger partial charge in [0.1, 0.15) is 18.7 Å². The molecule has 26 heavy (non-hydrogen) atoms. The third-order valence-corrected chi connectivity index (χ3v) is 4.64. The molecule has 2 aliphatic rings. The van der Waals surface area contributed by atoms with Gasteiger partial charge in [-0.15, -0.1) is 0 Å². The van der Waals surface area contributed by atoms with Crippen LogP contribution in [0.25, 0.3) is 0 Å². The summed E-state index contributed by atoms with van der Waals surface area (Å²) in [6, 6.07) is 7.32. The fourth-order valence-electron chi connectivity index (χ4n) is 3.29. The van der Waals surface area contributed by atoms with Crippen LogP contribution < -0.4 is 10.1 Å². The highest BCUT2D eigenvalue weighted by Crippen LogP contribution is 2.26. The monoisotopic (exact) mass is 353 g/mol. The van der Waals surface area contributed by atoms with E-state index in [0.717, 1.165) is 0 Å². The third kappa shape index (κ3) is 3.36. The van der Waals surface area contributed by atoms with Crippen LogP contribution in [-0.4, -0.2) is 70.4 Å². The van der Waals surface area contributed by atoms with E-state index in [9.17, 15) is 9.59 Å². The smallest absolute Gasteiger partial charge is 0.257 e. The summed E-state index contributed by atoms with van der Waals surface area (Å²) < 4.78 is 5.94. The van der Waals surface area contributed by atoms with Gasteiger partial charge in [0, 0.05) is 32.0 Å². The molecule has 1 N–H and O–H groups in total. The Morgan fingerprint density at radius 2 is 2.00 bits per heavy atom. The lowest BCUT2D eigenvalue weighted by molar-refractivity contribution is -0.118. The van der Waals surface area contributed by atoms with Gasteiger partial charge in [-0.3, -0.25) is 14.5 Å². The van der Waals surface area contributed by atoms with Crippen LogP contribution in [0.4, 0.5) is 5.69 Å². The summed E-state index contributed by atoms with van der Waals surface area (Å²) in [7, 11) is 0. The summed E-state index contributed by atoms with van der Waals surface area (Å²) in [5.74, 6) is 0.460. The number of anilines is 1. The molecule has 134 valence electrons. The maximum atomic E-state index is 12.7. The normalized spacial score (nSPS) is 20.5. The Morgan fingerprint density at radius 3 is 2.85 bits per heavy atom. The first-order valence-corrected chi connectivity index (χ1v) is 8.51. The fourth-order valence-corrected chi connectivity index (χ4v) is 3.29. The second-order valence-corrected chi connectivity index (χ2v) is 6.36. The number of rotatable bonds is 1. The second-order valence-electron chi connectivity index (χ2n) is 6.36. The zero-order chi connectivity index (χ0) is 17.9. The van der Waals surface area contributed by atoms with Crippen molar-refractivity contribution in [3.05, 3.63) is 48.5 Å². The number of hydrogen-bond acceptors (Lipinski definition) is 6. The van der Waals surface area contributed by atoms with Crippen molar-refractivity contribution in [3.63, 3.8) is 0 Å². The minimum absolute atomic E-state index is 0.0609. The number of piperazine rings is 1. The molecule has 0 saturated carbocycles. The van der Waals surface area contributed by atoms with Gasteiger partial charge in [0.2, 0.25) is 5.91 Å². The highest BCUT2D eigenvalue weighted by Gasteiger charge is 2.32. The average molecular weight is 353 g/mol. The number of carbonyl (C=O) groups is 2. The van der Waals surface area contributed by atoms with E-state index in [4.69, 9.17) is 4.74 Å². The summed E-state index contributed by atoms with van der Waals surface area (Å²) in [4.78, 5) is 36.7. The van der Waals surface area contributed by atoms with Crippen LogP contribution in [0.15, 0.2) is 43.0 Å². The van der Waals surface area contributed by atoms with Crippen molar-refractivity contribution in [2.45, 2.75) is 6.04 Å². The quantitative estimate of drug-likeness (QED) is 0.809. The van der Waals surface area contributed by atoms with Crippen LogP contribution in [0.5, 0.6) is 5.75 Å². The molecule has 2 aliphatic heterocycles. The Bertz CT molecular complexity index is 813. The molecule has 0 unspecified atom stereocenters. The molecule has 2 aromatic rings. The lowest BCUT2D eigenvalue weighted by atomic mass is 10.1. The van der Waals surface area contributed by atoms with Crippen molar-refractivity contribution in [1.82, 2.24) is 19.8 Å². The number of carbonyl (C=O) groups excluding carboxylic acids is 2. The molecule has 8 nitrogen and oxygen atoms in total. The maximum Gasteiger partial charge on any atom is 0.257 e. The zero-order valence-corrected chi connectivity index (χ0v) is 14.2. The van der Waals surface area contributed by atoms with Gasteiger partial charge < -0.3 is 15.0 Å². The van der Waals surface area contributed by atoms with Crippen LogP contribution in [0.2, 0.25) is 0 Å². The molecule has 1 atom stereocenters. The first-order chi connectivity index (χ1) is 12.7. The molecule has 0 spiro atoms. The molecule has 2 amide bonds. The molecule has 0 aliphatic carbocycles. The van der Waals surface area contributed by atoms with E-state index >= 15 is 0 Å². The summed E-state index contributed by atoms with van der Waals surface area (Å²) in [6.45, 7) is 2.32. The predicted octanol–water partition coefficient (Wildman–Crippen LogP) is 0.634. The van der Waals surface area contributed by atoms with Crippen LogP contribution in [0, 0.1) is 0 Å². The largest absolute Gasteiger partial charge is 0.490 e. The minimum Gasteiger partial charge on any atom is -0.490 e.